The van der Waals surface area contributed by atoms with Gasteiger partial charge in [-0.25, -0.2) is 0 Å². The van der Waals surface area contributed by atoms with Crippen LogP contribution in [0.15, 0.2) is 12.2 Å². The molecule has 0 amide bonds. The maximum atomic E-state index is 12.9. The van der Waals surface area contributed by atoms with Gasteiger partial charge in [-0.05, 0) is 38.5 Å². The van der Waals surface area contributed by atoms with Crippen molar-refractivity contribution in [1.29, 1.82) is 0 Å². The lowest BCUT2D eigenvalue weighted by Crippen LogP contribution is -2.61. The zero-order valence-electron chi connectivity index (χ0n) is 40.0. The highest BCUT2D eigenvalue weighted by molar-refractivity contribution is 5.69. The number of unbranched alkanes of at least 4 members (excludes halogenated alkanes) is 25. The largest absolute Gasteiger partial charge is 0.457 e. The summed E-state index contributed by atoms with van der Waals surface area (Å²) < 4.78 is 34.2. The molecule has 2 saturated heterocycles. The van der Waals surface area contributed by atoms with Crippen molar-refractivity contribution < 1.29 is 69.0 Å². The van der Waals surface area contributed by atoms with Gasteiger partial charge in [0.15, 0.2) is 12.6 Å². The molecule has 0 aromatic carbocycles. The molecular formula is C50H94O14. The van der Waals surface area contributed by atoms with E-state index in [1.54, 1.807) is 0 Å². The van der Waals surface area contributed by atoms with Crippen molar-refractivity contribution in [2.45, 2.75) is 268 Å². The maximum absolute atomic E-state index is 12.9. The molecule has 2 rings (SSSR count). The Morgan fingerprint density at radius 1 is 0.500 bits per heavy atom. The molecule has 0 radical (unpaired) electrons. The standard InChI is InChI=1S/C50H94O14/c1-3-5-7-9-11-13-14-15-16-17-18-19-20-21-22-23-24-25-26-28-30-32-34-59-36-39(62-42(52)33-31-29-27-12-10-8-6-4-2)37-60-49-48(58)46(56)44(54)41(64-49)38-61-50-47(57)45(55)43(53)40(35-51)63-50/h17-18,39-41,43-51,53-58H,3-16,19-38H2,1-2H3/b18-17-. The van der Waals surface area contributed by atoms with Crippen LogP contribution >= 0.6 is 0 Å². The molecule has 0 spiro atoms. The van der Waals surface area contributed by atoms with Crippen LogP contribution in [0.25, 0.3) is 0 Å². The van der Waals surface area contributed by atoms with Crippen LogP contribution in [0, 0.1) is 0 Å². The highest BCUT2D eigenvalue weighted by Gasteiger charge is 2.47. The average molecular weight is 919 g/mol. The van der Waals surface area contributed by atoms with Crippen molar-refractivity contribution in [3.05, 3.63) is 12.2 Å². The number of ether oxygens (including phenoxy) is 6. The second-order valence-electron chi connectivity index (χ2n) is 18.3. The Morgan fingerprint density at radius 3 is 1.42 bits per heavy atom. The van der Waals surface area contributed by atoms with Crippen LogP contribution in [0.1, 0.15) is 200 Å². The minimum atomic E-state index is -1.70. The summed E-state index contributed by atoms with van der Waals surface area (Å²) in [6.07, 6.45) is 23.0. The Bertz CT molecular complexity index is 1110. The highest BCUT2D eigenvalue weighted by Crippen LogP contribution is 2.26. The van der Waals surface area contributed by atoms with Gasteiger partial charge in [-0.15, -0.1) is 0 Å². The molecule has 11 unspecified atom stereocenters. The Morgan fingerprint density at radius 2 is 0.922 bits per heavy atom. The number of carbonyl (C=O) groups is 1. The van der Waals surface area contributed by atoms with Gasteiger partial charge in [-0.3, -0.25) is 4.79 Å². The number of rotatable bonds is 41. The number of hydrogen-bond donors (Lipinski definition) is 7. The molecule has 0 saturated carbocycles. The zero-order chi connectivity index (χ0) is 46.6. The summed E-state index contributed by atoms with van der Waals surface area (Å²) >= 11 is 0. The van der Waals surface area contributed by atoms with E-state index in [0.717, 1.165) is 38.5 Å². The van der Waals surface area contributed by atoms with Crippen molar-refractivity contribution in [3.8, 4) is 0 Å². The lowest BCUT2D eigenvalue weighted by Gasteiger charge is -2.42. The summed E-state index contributed by atoms with van der Waals surface area (Å²) in [5, 5.41) is 71.9. The van der Waals surface area contributed by atoms with Crippen LogP contribution in [0.4, 0.5) is 0 Å². The fourth-order valence-electron chi connectivity index (χ4n) is 8.28. The number of allylic oxidation sites excluding steroid dienone is 2. The van der Waals surface area contributed by atoms with Gasteiger partial charge >= 0.3 is 5.97 Å². The van der Waals surface area contributed by atoms with Crippen molar-refractivity contribution in [2.24, 2.45) is 0 Å². The van der Waals surface area contributed by atoms with Crippen LogP contribution in [0.2, 0.25) is 0 Å². The summed E-state index contributed by atoms with van der Waals surface area (Å²) in [5.41, 5.74) is 0. The minimum Gasteiger partial charge on any atom is -0.457 e. The van der Waals surface area contributed by atoms with Gasteiger partial charge in [0.05, 0.1) is 26.4 Å². The molecular weight excluding hydrogens is 825 g/mol. The topological polar surface area (TPSA) is 214 Å². The Hall–Kier alpha value is -1.27. The van der Waals surface area contributed by atoms with Gasteiger partial charge < -0.3 is 64.2 Å². The van der Waals surface area contributed by atoms with Crippen LogP contribution < -0.4 is 0 Å². The number of esters is 1. The predicted octanol–water partition coefficient (Wildman–Crippen LogP) is 7.46. The average Bonchev–Trinajstić information content (AvgIpc) is 3.29. The van der Waals surface area contributed by atoms with Crippen LogP contribution in [0.5, 0.6) is 0 Å². The van der Waals surface area contributed by atoms with Gasteiger partial charge in [0.1, 0.15) is 54.9 Å². The number of hydrogen-bond acceptors (Lipinski definition) is 14. The van der Waals surface area contributed by atoms with Crippen molar-refractivity contribution in [3.63, 3.8) is 0 Å². The molecule has 2 heterocycles. The van der Waals surface area contributed by atoms with Gasteiger partial charge in [0, 0.05) is 13.0 Å². The van der Waals surface area contributed by atoms with Crippen LogP contribution in [-0.4, -0.2) is 142 Å². The summed E-state index contributed by atoms with van der Waals surface area (Å²) in [6.45, 7) is 3.67. The lowest BCUT2D eigenvalue weighted by atomic mass is 9.98. The molecule has 2 fully saturated rings. The van der Waals surface area contributed by atoms with E-state index in [9.17, 15) is 40.5 Å². The number of aliphatic hydroxyl groups is 7. The molecule has 14 nitrogen and oxygen atoms in total. The summed E-state index contributed by atoms with van der Waals surface area (Å²) in [6, 6.07) is 0. The summed E-state index contributed by atoms with van der Waals surface area (Å²) in [5.74, 6) is -0.379. The third kappa shape index (κ3) is 26.3. The molecule has 11 atom stereocenters. The lowest BCUT2D eigenvalue weighted by molar-refractivity contribution is -0.332. The van der Waals surface area contributed by atoms with E-state index in [1.807, 2.05) is 0 Å². The molecule has 0 aromatic rings. The Labute approximate surface area is 386 Å². The molecule has 0 aliphatic carbocycles. The molecule has 378 valence electrons. The third-order valence-corrected chi connectivity index (χ3v) is 12.5. The Kier molecular flexibility index (Phi) is 35.6. The van der Waals surface area contributed by atoms with Crippen molar-refractivity contribution in [1.82, 2.24) is 0 Å². The molecule has 0 bridgehead atoms. The molecule has 14 heteroatoms. The van der Waals surface area contributed by atoms with Gasteiger partial charge in [0.2, 0.25) is 0 Å². The fraction of sp³-hybridized carbons (Fsp3) is 0.940. The SMILES string of the molecule is CCCCCCCCCC/C=C\CCCCCCCCCCCCOCC(COC1OC(COC2OC(CO)C(O)C(O)C2O)C(O)C(O)C1O)OC(=O)CCCCCCCCCC. The van der Waals surface area contributed by atoms with Gasteiger partial charge in [-0.2, -0.15) is 0 Å². The smallest absolute Gasteiger partial charge is 0.306 e. The van der Waals surface area contributed by atoms with E-state index >= 15 is 0 Å². The summed E-state index contributed by atoms with van der Waals surface area (Å²) in [7, 11) is 0. The van der Waals surface area contributed by atoms with Crippen molar-refractivity contribution in [2.75, 3.05) is 33.0 Å². The molecule has 2 aliphatic rings. The first kappa shape index (κ1) is 58.9. The van der Waals surface area contributed by atoms with E-state index < -0.39 is 80.7 Å². The zero-order valence-corrected chi connectivity index (χ0v) is 40.0. The first-order valence-electron chi connectivity index (χ1n) is 25.8. The van der Waals surface area contributed by atoms with Crippen LogP contribution in [0.3, 0.4) is 0 Å². The van der Waals surface area contributed by atoms with E-state index in [1.165, 1.54) is 135 Å². The molecule has 2 aliphatic heterocycles. The predicted molar refractivity (Wildman–Crippen MR) is 247 cm³/mol. The fourth-order valence-corrected chi connectivity index (χ4v) is 8.28. The highest BCUT2D eigenvalue weighted by atomic mass is 16.7. The second-order valence-corrected chi connectivity index (χ2v) is 18.3. The van der Waals surface area contributed by atoms with Gasteiger partial charge in [0.25, 0.3) is 0 Å². The van der Waals surface area contributed by atoms with Crippen molar-refractivity contribution >= 4 is 5.97 Å². The number of carbonyl (C=O) groups excluding carboxylic acids is 1. The van der Waals surface area contributed by atoms with Crippen LogP contribution in [-0.2, 0) is 33.2 Å². The van der Waals surface area contributed by atoms with Gasteiger partial charge in [-0.1, -0.05) is 167 Å². The third-order valence-electron chi connectivity index (χ3n) is 12.5. The molecule has 0 aromatic heterocycles. The molecule has 64 heavy (non-hydrogen) atoms. The molecule has 7 N–H and O–H groups in total. The number of aliphatic hydroxyl groups excluding tert-OH is 7. The summed E-state index contributed by atoms with van der Waals surface area (Å²) in [4.78, 5) is 12.9. The Balaban J connectivity index is 1.69. The second kappa shape index (κ2) is 38.7. The quantitative estimate of drug-likeness (QED) is 0.0180. The van der Waals surface area contributed by atoms with E-state index in [-0.39, 0.29) is 25.6 Å². The maximum Gasteiger partial charge on any atom is 0.306 e. The van der Waals surface area contributed by atoms with E-state index in [0.29, 0.717) is 13.0 Å². The normalized spacial score (nSPS) is 26.8. The monoisotopic (exact) mass is 919 g/mol. The van der Waals surface area contributed by atoms with E-state index in [2.05, 4.69) is 26.0 Å². The minimum absolute atomic E-state index is 0.0653. The first-order valence-corrected chi connectivity index (χ1v) is 25.8. The first-order chi connectivity index (χ1) is 31.1. The van der Waals surface area contributed by atoms with E-state index in [4.69, 9.17) is 28.4 Å².